The Morgan fingerprint density at radius 1 is 1.22 bits per heavy atom. The van der Waals surface area contributed by atoms with Gasteiger partial charge in [0.15, 0.2) is 0 Å². The van der Waals surface area contributed by atoms with Crippen LogP contribution in [0.3, 0.4) is 0 Å². The predicted octanol–water partition coefficient (Wildman–Crippen LogP) is 1.04. The summed E-state index contributed by atoms with van der Waals surface area (Å²) < 4.78 is 32.0. The first-order chi connectivity index (χ1) is 12.7. The number of sulfonamides is 1. The lowest BCUT2D eigenvalue weighted by molar-refractivity contribution is -0.146. The molecule has 0 aliphatic carbocycles. The molecule has 1 aromatic rings. The summed E-state index contributed by atoms with van der Waals surface area (Å²) in [7, 11) is -3.66. The Labute approximate surface area is 157 Å². The number of anilines is 1. The molecular weight excluding hydrogens is 374 g/mol. The summed E-state index contributed by atoms with van der Waals surface area (Å²) in [5.41, 5.74) is -0.614. The highest BCUT2D eigenvalue weighted by atomic mass is 32.2. The first kappa shape index (κ1) is 19.6. The van der Waals surface area contributed by atoms with Gasteiger partial charge in [0, 0.05) is 31.9 Å². The standard InChI is InChI=1S/C17H23N3O6S/c1-17(15(21)22)5-6-19(12-17)16(23)18-13-3-2-4-14(11-13)27(24,25)20-7-9-26-10-8-20/h2-4,11H,5-10,12H2,1H3,(H,18,23)(H,21,22). The monoisotopic (exact) mass is 397 g/mol. The molecule has 148 valence electrons. The molecule has 0 radical (unpaired) electrons. The fourth-order valence-electron chi connectivity index (χ4n) is 3.18. The molecule has 0 aromatic heterocycles. The average molecular weight is 397 g/mol. The van der Waals surface area contributed by atoms with Gasteiger partial charge in [-0.3, -0.25) is 4.79 Å². The van der Waals surface area contributed by atoms with Gasteiger partial charge in [-0.15, -0.1) is 0 Å². The number of ether oxygens (including phenoxy) is 1. The summed E-state index contributed by atoms with van der Waals surface area (Å²) >= 11 is 0. The third-order valence-electron chi connectivity index (χ3n) is 4.97. The summed E-state index contributed by atoms with van der Waals surface area (Å²) in [4.78, 5) is 25.3. The molecule has 2 N–H and O–H groups in total. The first-order valence-corrected chi connectivity index (χ1v) is 10.1. The van der Waals surface area contributed by atoms with E-state index in [1.165, 1.54) is 21.3 Å². The number of carboxylic acids is 1. The number of hydrogen-bond donors (Lipinski definition) is 2. The Kier molecular flexibility index (Phi) is 5.41. The van der Waals surface area contributed by atoms with Gasteiger partial charge in [0.25, 0.3) is 0 Å². The van der Waals surface area contributed by atoms with Crippen LogP contribution >= 0.6 is 0 Å². The number of rotatable bonds is 4. The smallest absolute Gasteiger partial charge is 0.321 e. The van der Waals surface area contributed by atoms with E-state index < -0.39 is 27.4 Å². The molecule has 0 saturated carbocycles. The molecular formula is C17H23N3O6S. The van der Waals surface area contributed by atoms with Crippen LogP contribution in [0.5, 0.6) is 0 Å². The zero-order valence-corrected chi connectivity index (χ0v) is 15.9. The van der Waals surface area contributed by atoms with E-state index in [1.807, 2.05) is 0 Å². The topological polar surface area (TPSA) is 116 Å². The molecule has 2 fully saturated rings. The van der Waals surface area contributed by atoms with Crippen LogP contribution in [-0.2, 0) is 19.6 Å². The molecule has 9 nitrogen and oxygen atoms in total. The molecule has 2 saturated heterocycles. The van der Waals surface area contributed by atoms with Crippen LogP contribution in [-0.4, -0.2) is 74.1 Å². The second-order valence-corrected chi connectivity index (χ2v) is 8.95. The van der Waals surface area contributed by atoms with Crippen LogP contribution in [0, 0.1) is 5.41 Å². The maximum Gasteiger partial charge on any atom is 0.321 e. The first-order valence-electron chi connectivity index (χ1n) is 8.70. The van der Waals surface area contributed by atoms with Crippen LogP contribution in [0.25, 0.3) is 0 Å². The minimum Gasteiger partial charge on any atom is -0.481 e. The van der Waals surface area contributed by atoms with Crippen molar-refractivity contribution in [2.45, 2.75) is 18.2 Å². The van der Waals surface area contributed by atoms with Crippen LogP contribution in [0.4, 0.5) is 10.5 Å². The van der Waals surface area contributed by atoms with Gasteiger partial charge in [0.05, 0.1) is 23.5 Å². The maximum atomic E-state index is 12.7. The molecule has 27 heavy (non-hydrogen) atoms. The highest BCUT2D eigenvalue weighted by molar-refractivity contribution is 7.89. The number of likely N-dealkylation sites (tertiary alicyclic amines) is 1. The number of aliphatic carboxylic acids is 1. The van der Waals surface area contributed by atoms with Crippen LogP contribution in [0.2, 0.25) is 0 Å². The molecule has 10 heteroatoms. The van der Waals surface area contributed by atoms with Crippen molar-refractivity contribution in [3.05, 3.63) is 24.3 Å². The number of carbonyl (C=O) groups excluding carboxylic acids is 1. The highest BCUT2D eigenvalue weighted by Gasteiger charge is 2.42. The molecule has 2 aliphatic heterocycles. The van der Waals surface area contributed by atoms with Crippen molar-refractivity contribution in [3.8, 4) is 0 Å². The van der Waals surface area contributed by atoms with E-state index >= 15 is 0 Å². The lowest BCUT2D eigenvalue weighted by atomic mass is 9.90. The largest absolute Gasteiger partial charge is 0.481 e. The fraction of sp³-hybridized carbons (Fsp3) is 0.529. The Morgan fingerprint density at radius 3 is 2.56 bits per heavy atom. The molecule has 2 aliphatic rings. The van der Waals surface area contributed by atoms with Crippen molar-refractivity contribution in [1.82, 2.24) is 9.21 Å². The SMILES string of the molecule is CC1(C(=O)O)CCN(C(=O)Nc2cccc(S(=O)(=O)N3CCOCC3)c2)C1. The van der Waals surface area contributed by atoms with Gasteiger partial charge < -0.3 is 20.1 Å². The molecule has 3 rings (SSSR count). The van der Waals surface area contributed by atoms with Crippen molar-refractivity contribution in [2.24, 2.45) is 5.41 Å². The molecule has 2 heterocycles. The summed E-state index contributed by atoms with van der Waals surface area (Å²) in [6.07, 6.45) is 0.376. The van der Waals surface area contributed by atoms with Gasteiger partial charge in [-0.1, -0.05) is 6.07 Å². The van der Waals surface area contributed by atoms with Crippen LogP contribution in [0.1, 0.15) is 13.3 Å². The average Bonchev–Trinajstić information content (AvgIpc) is 3.07. The second-order valence-electron chi connectivity index (χ2n) is 7.01. The number of amides is 2. The molecule has 1 unspecified atom stereocenters. The normalized spacial score (nSPS) is 24.0. The highest BCUT2D eigenvalue weighted by Crippen LogP contribution is 2.30. The Balaban J connectivity index is 1.71. The minimum atomic E-state index is -3.66. The molecule has 2 amide bonds. The van der Waals surface area contributed by atoms with Crippen molar-refractivity contribution >= 4 is 27.7 Å². The van der Waals surface area contributed by atoms with E-state index in [0.717, 1.165) is 0 Å². The maximum absolute atomic E-state index is 12.7. The lowest BCUT2D eigenvalue weighted by Crippen LogP contribution is -2.40. The van der Waals surface area contributed by atoms with Gasteiger partial charge in [-0.2, -0.15) is 4.31 Å². The number of urea groups is 1. The Morgan fingerprint density at radius 2 is 1.93 bits per heavy atom. The van der Waals surface area contributed by atoms with E-state index in [2.05, 4.69) is 5.32 Å². The number of benzene rings is 1. The van der Waals surface area contributed by atoms with Gasteiger partial charge >= 0.3 is 12.0 Å². The fourth-order valence-corrected chi connectivity index (χ4v) is 4.64. The van der Waals surface area contributed by atoms with E-state index in [-0.39, 0.29) is 11.4 Å². The van der Waals surface area contributed by atoms with Crippen molar-refractivity contribution in [1.29, 1.82) is 0 Å². The molecule has 1 atom stereocenters. The van der Waals surface area contributed by atoms with Crippen LogP contribution in [0.15, 0.2) is 29.2 Å². The van der Waals surface area contributed by atoms with Gasteiger partial charge in [-0.25, -0.2) is 13.2 Å². The summed E-state index contributed by atoms with van der Waals surface area (Å²) in [6.45, 7) is 3.35. The third-order valence-corrected chi connectivity index (χ3v) is 6.86. The summed E-state index contributed by atoms with van der Waals surface area (Å²) in [5, 5.41) is 11.9. The number of hydrogen-bond acceptors (Lipinski definition) is 5. The Bertz CT molecular complexity index is 837. The van der Waals surface area contributed by atoms with E-state index in [1.54, 1.807) is 19.1 Å². The van der Waals surface area contributed by atoms with E-state index in [9.17, 15) is 23.1 Å². The minimum absolute atomic E-state index is 0.0963. The van der Waals surface area contributed by atoms with Gasteiger partial charge in [-0.05, 0) is 31.5 Å². The van der Waals surface area contributed by atoms with E-state index in [0.29, 0.717) is 45.0 Å². The van der Waals surface area contributed by atoms with Gasteiger partial charge in [0.2, 0.25) is 10.0 Å². The number of nitrogens with zero attached hydrogens (tertiary/aromatic N) is 2. The predicted molar refractivity (Wildman–Crippen MR) is 97.0 cm³/mol. The van der Waals surface area contributed by atoms with Gasteiger partial charge in [0.1, 0.15) is 0 Å². The third kappa shape index (κ3) is 4.07. The zero-order valence-electron chi connectivity index (χ0n) is 15.1. The zero-order chi connectivity index (χ0) is 19.7. The lowest BCUT2D eigenvalue weighted by Gasteiger charge is -2.26. The van der Waals surface area contributed by atoms with Crippen LogP contribution < -0.4 is 5.32 Å². The Hall–Kier alpha value is -2.17. The molecule has 1 aromatic carbocycles. The molecule has 0 spiro atoms. The number of carboxylic acid groups (broad SMARTS) is 1. The number of carbonyl (C=O) groups is 2. The van der Waals surface area contributed by atoms with Crippen molar-refractivity contribution < 1.29 is 27.9 Å². The summed E-state index contributed by atoms with van der Waals surface area (Å²) in [5.74, 6) is -0.934. The van der Waals surface area contributed by atoms with E-state index in [4.69, 9.17) is 4.74 Å². The van der Waals surface area contributed by atoms with Crippen molar-refractivity contribution in [2.75, 3.05) is 44.7 Å². The quantitative estimate of drug-likeness (QED) is 0.784. The molecule has 0 bridgehead atoms. The second kappa shape index (κ2) is 7.45. The number of nitrogens with one attached hydrogen (secondary N) is 1. The number of morpholine rings is 1. The summed E-state index contributed by atoms with van der Waals surface area (Å²) in [6, 6.07) is 5.62. The van der Waals surface area contributed by atoms with Crippen molar-refractivity contribution in [3.63, 3.8) is 0 Å².